The Morgan fingerprint density at radius 2 is 1.77 bits per heavy atom. The van der Waals surface area contributed by atoms with Crippen LogP contribution in [0.25, 0.3) is 11.1 Å². The average molecular weight is 420 g/mol. The molecule has 3 aromatic carbocycles. The Kier molecular flexibility index (Phi) is 4.67. The number of phenols is 2. The van der Waals surface area contributed by atoms with Crippen LogP contribution in [0.1, 0.15) is 34.3 Å². The van der Waals surface area contributed by atoms with E-state index >= 15 is 0 Å². The Balaban J connectivity index is 1.66. The van der Waals surface area contributed by atoms with Crippen molar-refractivity contribution in [1.82, 2.24) is 0 Å². The molecule has 0 amide bonds. The van der Waals surface area contributed by atoms with Gasteiger partial charge < -0.3 is 29.5 Å². The van der Waals surface area contributed by atoms with Gasteiger partial charge in [-0.05, 0) is 65.4 Å². The Morgan fingerprint density at radius 3 is 2.52 bits per heavy atom. The first-order chi connectivity index (χ1) is 15.0. The monoisotopic (exact) mass is 420 g/mol. The van der Waals surface area contributed by atoms with Gasteiger partial charge in [-0.1, -0.05) is 12.1 Å². The number of hydrogen-bond donors (Lipinski definition) is 3. The number of methoxy groups -OCH3 is 2. The van der Waals surface area contributed by atoms with Gasteiger partial charge in [0.1, 0.15) is 23.4 Å². The number of phenolic OH excluding ortho intramolecular Hbond substituents is 2. The van der Waals surface area contributed by atoms with Crippen molar-refractivity contribution in [2.75, 3.05) is 20.8 Å². The maximum Gasteiger partial charge on any atom is 0.160 e. The molecule has 5 rings (SSSR count). The zero-order valence-electron chi connectivity index (χ0n) is 17.4. The molecule has 1 heterocycles. The maximum absolute atomic E-state index is 10.3. The molecule has 1 aliphatic heterocycles. The van der Waals surface area contributed by atoms with Gasteiger partial charge in [0, 0.05) is 11.1 Å². The molecule has 31 heavy (non-hydrogen) atoms. The molecular weight excluding hydrogens is 396 g/mol. The normalized spacial score (nSPS) is 18.5. The first kappa shape index (κ1) is 19.6. The minimum atomic E-state index is -0.438. The average Bonchev–Trinajstić information content (AvgIpc) is 3.15. The molecule has 0 spiro atoms. The summed E-state index contributed by atoms with van der Waals surface area (Å²) in [5.74, 6) is 1.72. The highest BCUT2D eigenvalue weighted by Gasteiger charge is 2.40. The fourth-order valence-corrected chi connectivity index (χ4v) is 4.88. The number of aliphatic hydroxyl groups excluding tert-OH is 1. The summed E-state index contributed by atoms with van der Waals surface area (Å²) in [5, 5.41) is 30.2. The molecule has 2 aliphatic rings. The fraction of sp³-hybridized carbons (Fsp3) is 0.280. The topological polar surface area (TPSA) is 88.4 Å². The molecule has 0 radical (unpaired) electrons. The second kappa shape index (κ2) is 7.39. The van der Waals surface area contributed by atoms with Gasteiger partial charge in [0.15, 0.2) is 11.5 Å². The SMILES string of the molecule is COc1cc(C2Oc3cc4c(c(OC)c3C2CO)-c2ccc(O)cc2CC4)ccc1O. The third-order valence-corrected chi connectivity index (χ3v) is 6.31. The number of ether oxygens (including phenoxy) is 3. The maximum atomic E-state index is 10.3. The molecule has 1 aliphatic carbocycles. The van der Waals surface area contributed by atoms with E-state index in [0.717, 1.165) is 46.2 Å². The molecular formula is C25H24O6. The number of rotatable bonds is 4. The summed E-state index contributed by atoms with van der Waals surface area (Å²) < 4.78 is 17.5. The van der Waals surface area contributed by atoms with Crippen LogP contribution in [-0.2, 0) is 12.8 Å². The molecule has 0 bridgehead atoms. The van der Waals surface area contributed by atoms with Crippen molar-refractivity contribution in [2.45, 2.75) is 24.9 Å². The molecule has 2 atom stereocenters. The number of aryl methyl sites for hydroxylation is 2. The second-order valence-electron chi connectivity index (χ2n) is 7.96. The van der Waals surface area contributed by atoms with Crippen LogP contribution < -0.4 is 14.2 Å². The molecule has 2 unspecified atom stereocenters. The highest BCUT2D eigenvalue weighted by atomic mass is 16.5. The van der Waals surface area contributed by atoms with Crippen molar-refractivity contribution in [3.8, 4) is 39.9 Å². The van der Waals surface area contributed by atoms with E-state index in [2.05, 4.69) is 0 Å². The zero-order valence-corrected chi connectivity index (χ0v) is 17.4. The zero-order chi connectivity index (χ0) is 21.7. The molecule has 3 aromatic rings. The van der Waals surface area contributed by atoms with Crippen molar-refractivity contribution >= 4 is 0 Å². The number of fused-ring (bicyclic) bond motifs is 4. The summed E-state index contributed by atoms with van der Waals surface area (Å²) in [6.45, 7) is -0.127. The molecule has 0 saturated heterocycles. The highest BCUT2D eigenvalue weighted by molar-refractivity contribution is 5.82. The van der Waals surface area contributed by atoms with Crippen molar-refractivity contribution in [2.24, 2.45) is 0 Å². The Hall–Kier alpha value is -3.38. The lowest BCUT2D eigenvalue weighted by atomic mass is 9.81. The van der Waals surface area contributed by atoms with Gasteiger partial charge in [0.2, 0.25) is 0 Å². The van der Waals surface area contributed by atoms with E-state index in [-0.39, 0.29) is 24.0 Å². The second-order valence-corrected chi connectivity index (χ2v) is 7.96. The van der Waals surface area contributed by atoms with Gasteiger partial charge in [0.05, 0.1) is 26.7 Å². The molecule has 0 fully saturated rings. The Bertz CT molecular complexity index is 1170. The van der Waals surface area contributed by atoms with E-state index in [1.807, 2.05) is 12.1 Å². The Morgan fingerprint density at radius 1 is 0.968 bits per heavy atom. The smallest absolute Gasteiger partial charge is 0.160 e. The van der Waals surface area contributed by atoms with E-state index in [4.69, 9.17) is 14.2 Å². The number of hydrogen-bond acceptors (Lipinski definition) is 6. The van der Waals surface area contributed by atoms with Gasteiger partial charge in [-0.2, -0.15) is 0 Å². The summed E-state index contributed by atoms with van der Waals surface area (Å²) in [6, 6.07) is 12.5. The van der Waals surface area contributed by atoms with Crippen LogP contribution in [0.5, 0.6) is 28.7 Å². The van der Waals surface area contributed by atoms with Gasteiger partial charge in [-0.25, -0.2) is 0 Å². The van der Waals surface area contributed by atoms with E-state index in [9.17, 15) is 15.3 Å². The lowest BCUT2D eigenvalue weighted by Crippen LogP contribution is -2.14. The predicted molar refractivity (Wildman–Crippen MR) is 115 cm³/mol. The molecule has 3 N–H and O–H groups in total. The fourth-order valence-electron chi connectivity index (χ4n) is 4.88. The van der Waals surface area contributed by atoms with Crippen molar-refractivity contribution in [3.05, 3.63) is 64.7 Å². The highest BCUT2D eigenvalue weighted by Crippen LogP contribution is 2.55. The third-order valence-electron chi connectivity index (χ3n) is 6.31. The van der Waals surface area contributed by atoms with E-state index in [1.165, 1.54) is 7.11 Å². The number of aliphatic hydroxyl groups is 1. The minimum absolute atomic E-state index is 0.0511. The summed E-state index contributed by atoms with van der Waals surface area (Å²) in [6.07, 6.45) is 1.19. The van der Waals surface area contributed by atoms with Gasteiger partial charge in [-0.3, -0.25) is 0 Å². The van der Waals surface area contributed by atoms with Gasteiger partial charge in [-0.15, -0.1) is 0 Å². The first-order valence-corrected chi connectivity index (χ1v) is 10.3. The van der Waals surface area contributed by atoms with Crippen LogP contribution in [0, 0.1) is 0 Å². The summed E-state index contributed by atoms with van der Waals surface area (Å²) in [4.78, 5) is 0. The lowest BCUT2D eigenvalue weighted by Gasteiger charge is -2.25. The third kappa shape index (κ3) is 2.98. The minimum Gasteiger partial charge on any atom is -0.508 e. The van der Waals surface area contributed by atoms with Crippen molar-refractivity contribution in [1.29, 1.82) is 0 Å². The quantitative estimate of drug-likeness (QED) is 0.589. The van der Waals surface area contributed by atoms with Crippen LogP contribution in [0.3, 0.4) is 0 Å². The molecule has 160 valence electrons. The number of benzene rings is 3. The summed E-state index contributed by atoms with van der Waals surface area (Å²) in [5.41, 5.74) is 5.86. The van der Waals surface area contributed by atoms with E-state index in [1.54, 1.807) is 37.4 Å². The summed E-state index contributed by atoms with van der Waals surface area (Å²) >= 11 is 0. The van der Waals surface area contributed by atoms with E-state index < -0.39 is 6.10 Å². The van der Waals surface area contributed by atoms with Gasteiger partial charge >= 0.3 is 0 Å². The molecule has 6 nitrogen and oxygen atoms in total. The first-order valence-electron chi connectivity index (χ1n) is 10.3. The largest absolute Gasteiger partial charge is 0.508 e. The Labute approximate surface area is 180 Å². The van der Waals surface area contributed by atoms with Crippen molar-refractivity contribution < 1.29 is 29.5 Å². The number of aromatic hydroxyl groups is 2. The predicted octanol–water partition coefficient (Wildman–Crippen LogP) is 4.09. The van der Waals surface area contributed by atoms with Crippen LogP contribution in [0.15, 0.2) is 42.5 Å². The molecule has 0 aromatic heterocycles. The van der Waals surface area contributed by atoms with E-state index in [0.29, 0.717) is 17.2 Å². The van der Waals surface area contributed by atoms with Gasteiger partial charge in [0.25, 0.3) is 0 Å². The van der Waals surface area contributed by atoms with Crippen LogP contribution in [0.4, 0.5) is 0 Å². The lowest BCUT2D eigenvalue weighted by molar-refractivity contribution is 0.159. The van der Waals surface area contributed by atoms with Crippen LogP contribution in [0.2, 0.25) is 0 Å². The van der Waals surface area contributed by atoms with Crippen LogP contribution >= 0.6 is 0 Å². The standard InChI is InChI=1S/C25H24O6/c1-29-20-11-15(5-8-19(20)28)24-18(12-26)23-21(31-24)10-14-4-3-13-9-16(27)6-7-17(13)22(14)25(23)30-2/h5-11,18,24,26-28H,3-4,12H2,1-2H3. The molecule has 6 heteroatoms. The van der Waals surface area contributed by atoms with Crippen LogP contribution in [-0.4, -0.2) is 36.1 Å². The van der Waals surface area contributed by atoms with Crippen molar-refractivity contribution in [3.63, 3.8) is 0 Å². The summed E-state index contributed by atoms with van der Waals surface area (Å²) in [7, 11) is 3.13. The molecule has 0 saturated carbocycles.